The minimum Gasteiger partial charge on any atom is -0.417 e. The van der Waals surface area contributed by atoms with Crippen LogP contribution >= 0.6 is 0 Å². The Bertz CT molecular complexity index is 1650. The summed E-state index contributed by atoms with van der Waals surface area (Å²) in [7, 11) is -8.35. The molecule has 33 heavy (non-hydrogen) atoms. The Labute approximate surface area is 188 Å². The third kappa shape index (κ3) is 4.57. The fourth-order valence-corrected chi connectivity index (χ4v) is 4.92. The average Bonchev–Trinajstić information content (AvgIpc) is 2.80. The van der Waals surface area contributed by atoms with E-state index in [4.69, 9.17) is 13.9 Å². The van der Waals surface area contributed by atoms with Gasteiger partial charge in [-0.25, -0.2) is 13.2 Å². The maximum absolute atomic E-state index is 12.6. The fourth-order valence-electron chi connectivity index (χ4n) is 2.92. The topological polar surface area (TPSA) is 144 Å². The predicted molar refractivity (Wildman–Crippen MR) is 119 cm³/mol. The van der Waals surface area contributed by atoms with E-state index >= 15 is 0 Å². The zero-order valence-corrected chi connectivity index (χ0v) is 18.3. The standard InChI is InChI=1S/C22H14N2O7S2/c23-14-15-9-11-18(12-10-15)33(28,29)31-20-8-4-5-16-13-19(22(25)30-21(16)20)24-32(26,27)17-6-2-1-3-7-17/h1-13,24H. The van der Waals surface area contributed by atoms with Gasteiger partial charge in [0.2, 0.25) is 0 Å². The van der Waals surface area contributed by atoms with Crippen LogP contribution in [0.3, 0.4) is 0 Å². The number of rotatable bonds is 6. The van der Waals surface area contributed by atoms with Crippen molar-refractivity contribution in [3.05, 3.63) is 94.8 Å². The van der Waals surface area contributed by atoms with Gasteiger partial charge in [0.25, 0.3) is 10.0 Å². The summed E-state index contributed by atoms with van der Waals surface area (Å²) in [6.07, 6.45) is 0. The molecule has 0 saturated heterocycles. The van der Waals surface area contributed by atoms with Gasteiger partial charge < -0.3 is 8.60 Å². The molecule has 0 amide bonds. The molecule has 1 aromatic heterocycles. The zero-order chi connectivity index (χ0) is 23.6. The molecule has 3 aromatic carbocycles. The van der Waals surface area contributed by atoms with E-state index in [2.05, 4.69) is 4.72 Å². The van der Waals surface area contributed by atoms with Crippen molar-refractivity contribution in [2.45, 2.75) is 9.79 Å². The molecule has 0 atom stereocenters. The molecule has 11 heteroatoms. The second-order valence-electron chi connectivity index (χ2n) is 6.71. The monoisotopic (exact) mass is 482 g/mol. The van der Waals surface area contributed by atoms with Crippen molar-refractivity contribution in [3.63, 3.8) is 0 Å². The Balaban J connectivity index is 1.70. The first-order chi connectivity index (χ1) is 15.7. The van der Waals surface area contributed by atoms with Gasteiger partial charge in [-0.15, -0.1) is 0 Å². The van der Waals surface area contributed by atoms with E-state index in [0.29, 0.717) is 0 Å². The van der Waals surface area contributed by atoms with Gasteiger partial charge in [-0.05, 0) is 48.5 Å². The molecule has 166 valence electrons. The van der Waals surface area contributed by atoms with Crippen LogP contribution < -0.4 is 14.5 Å². The van der Waals surface area contributed by atoms with Crippen molar-refractivity contribution in [2.75, 3.05) is 4.72 Å². The number of sulfonamides is 1. The third-order valence-corrected chi connectivity index (χ3v) is 7.12. The Morgan fingerprint density at radius 2 is 1.55 bits per heavy atom. The van der Waals surface area contributed by atoms with Crippen LogP contribution in [0.5, 0.6) is 5.75 Å². The summed E-state index contributed by atoms with van der Waals surface area (Å²) < 4.78 is 62.9. The van der Waals surface area contributed by atoms with Crippen LogP contribution in [0.25, 0.3) is 11.0 Å². The van der Waals surface area contributed by atoms with Crippen LogP contribution in [0.1, 0.15) is 5.56 Å². The molecule has 0 aliphatic heterocycles. The number of para-hydroxylation sites is 1. The number of hydrogen-bond acceptors (Lipinski definition) is 8. The Kier molecular flexibility index (Phi) is 5.63. The number of hydrogen-bond donors (Lipinski definition) is 1. The molecule has 0 unspecified atom stereocenters. The molecule has 0 saturated carbocycles. The van der Waals surface area contributed by atoms with E-state index in [1.807, 2.05) is 6.07 Å². The molecule has 0 aliphatic rings. The van der Waals surface area contributed by atoms with Gasteiger partial charge in [-0.1, -0.05) is 30.3 Å². The molecular formula is C22H14N2O7S2. The molecule has 4 aromatic rings. The Hall–Kier alpha value is -4.14. The smallest absolute Gasteiger partial charge is 0.360 e. The summed E-state index contributed by atoms with van der Waals surface area (Å²) >= 11 is 0. The summed E-state index contributed by atoms with van der Waals surface area (Å²) in [6.45, 7) is 0. The lowest BCUT2D eigenvalue weighted by Gasteiger charge is -2.10. The second kappa shape index (κ2) is 8.42. The molecule has 1 heterocycles. The molecule has 4 rings (SSSR count). The van der Waals surface area contributed by atoms with Gasteiger partial charge >= 0.3 is 15.7 Å². The molecule has 0 fully saturated rings. The van der Waals surface area contributed by atoms with E-state index in [1.54, 1.807) is 6.07 Å². The number of anilines is 1. The van der Waals surface area contributed by atoms with Crippen LogP contribution in [-0.4, -0.2) is 16.8 Å². The maximum Gasteiger partial charge on any atom is 0.360 e. The lowest BCUT2D eigenvalue weighted by molar-refractivity contribution is 0.475. The van der Waals surface area contributed by atoms with Gasteiger partial charge in [-0.3, -0.25) is 4.72 Å². The minimum absolute atomic E-state index is 0.0462. The predicted octanol–water partition coefficient (Wildman–Crippen LogP) is 3.23. The summed E-state index contributed by atoms with van der Waals surface area (Å²) in [6, 6.07) is 19.9. The number of benzene rings is 3. The highest BCUT2D eigenvalue weighted by Crippen LogP contribution is 2.29. The highest BCUT2D eigenvalue weighted by Gasteiger charge is 2.21. The van der Waals surface area contributed by atoms with Crippen molar-refractivity contribution in [1.29, 1.82) is 5.26 Å². The largest absolute Gasteiger partial charge is 0.417 e. The highest BCUT2D eigenvalue weighted by molar-refractivity contribution is 7.92. The quantitative estimate of drug-likeness (QED) is 0.326. The summed E-state index contributed by atoms with van der Waals surface area (Å²) in [4.78, 5) is 12.2. The van der Waals surface area contributed by atoms with Crippen LogP contribution in [0.2, 0.25) is 0 Å². The van der Waals surface area contributed by atoms with Crippen LogP contribution in [0.15, 0.2) is 97.9 Å². The SMILES string of the molecule is N#Cc1ccc(S(=O)(=O)Oc2cccc3cc(NS(=O)(=O)c4ccccc4)c(=O)oc23)cc1. The molecule has 9 nitrogen and oxygen atoms in total. The number of nitriles is 1. The molecule has 1 N–H and O–H groups in total. The maximum atomic E-state index is 12.6. The van der Waals surface area contributed by atoms with E-state index in [0.717, 1.165) is 0 Å². The number of fused-ring (bicyclic) bond motifs is 1. The van der Waals surface area contributed by atoms with Gasteiger partial charge in [0.15, 0.2) is 11.3 Å². The van der Waals surface area contributed by atoms with Gasteiger partial charge in [0.05, 0.1) is 16.5 Å². The normalized spacial score (nSPS) is 11.6. The summed E-state index contributed by atoms with van der Waals surface area (Å²) in [5.74, 6) is -0.258. The fraction of sp³-hybridized carbons (Fsp3) is 0. The lowest BCUT2D eigenvalue weighted by atomic mass is 10.2. The van der Waals surface area contributed by atoms with Crippen LogP contribution in [0, 0.1) is 11.3 Å². The van der Waals surface area contributed by atoms with Gasteiger partial charge in [0.1, 0.15) is 10.6 Å². The Morgan fingerprint density at radius 3 is 2.21 bits per heavy atom. The first-order valence-corrected chi connectivity index (χ1v) is 12.2. The zero-order valence-electron chi connectivity index (χ0n) is 16.6. The van der Waals surface area contributed by atoms with Crippen molar-refractivity contribution in [3.8, 4) is 11.8 Å². The van der Waals surface area contributed by atoms with Crippen molar-refractivity contribution >= 4 is 36.8 Å². The van der Waals surface area contributed by atoms with Crippen molar-refractivity contribution in [2.24, 2.45) is 0 Å². The molecule has 0 aliphatic carbocycles. The average molecular weight is 482 g/mol. The first kappa shape index (κ1) is 22.1. The van der Waals surface area contributed by atoms with E-state index in [9.17, 15) is 21.6 Å². The number of nitrogens with one attached hydrogen (secondary N) is 1. The van der Waals surface area contributed by atoms with E-state index in [1.165, 1.54) is 72.8 Å². The first-order valence-electron chi connectivity index (χ1n) is 9.29. The van der Waals surface area contributed by atoms with E-state index < -0.39 is 25.8 Å². The van der Waals surface area contributed by atoms with E-state index in [-0.39, 0.29) is 37.8 Å². The van der Waals surface area contributed by atoms with Crippen LogP contribution in [-0.2, 0) is 20.1 Å². The molecule has 0 spiro atoms. The summed E-state index contributed by atoms with van der Waals surface area (Å²) in [5, 5.41) is 9.08. The minimum atomic E-state index is -4.30. The van der Waals surface area contributed by atoms with Crippen LogP contribution in [0.4, 0.5) is 5.69 Å². The van der Waals surface area contributed by atoms with Gasteiger partial charge in [0, 0.05) is 5.39 Å². The molecule has 0 radical (unpaired) electrons. The molecule has 0 bridgehead atoms. The van der Waals surface area contributed by atoms with Crippen molar-refractivity contribution in [1.82, 2.24) is 0 Å². The second-order valence-corrected chi connectivity index (χ2v) is 9.94. The molecular weight excluding hydrogens is 468 g/mol. The highest BCUT2D eigenvalue weighted by atomic mass is 32.2. The van der Waals surface area contributed by atoms with Gasteiger partial charge in [-0.2, -0.15) is 13.7 Å². The lowest BCUT2D eigenvalue weighted by Crippen LogP contribution is -2.18. The Morgan fingerprint density at radius 1 is 0.848 bits per heavy atom. The summed E-state index contributed by atoms with van der Waals surface area (Å²) in [5.41, 5.74) is -1.29. The number of nitrogens with zero attached hydrogens (tertiary/aromatic N) is 1. The third-order valence-electron chi connectivity index (χ3n) is 4.49. The van der Waals surface area contributed by atoms with Crippen molar-refractivity contribution < 1.29 is 25.4 Å².